The van der Waals surface area contributed by atoms with Crippen LogP contribution in [0.3, 0.4) is 0 Å². The highest BCUT2D eigenvalue weighted by atomic mass is 79.9. The van der Waals surface area contributed by atoms with Gasteiger partial charge in [-0.15, -0.1) is 11.3 Å². The molecule has 1 aromatic heterocycles. The molecule has 25 heavy (non-hydrogen) atoms. The first-order valence-corrected chi connectivity index (χ1v) is 9.54. The Hall–Kier alpha value is -1.86. The lowest BCUT2D eigenvalue weighted by Crippen LogP contribution is -2.21. The normalized spacial score (nSPS) is 10.4. The Balaban J connectivity index is 2.03. The smallest absolute Gasteiger partial charge is 0.341 e. The van der Waals surface area contributed by atoms with Crippen molar-refractivity contribution in [3.63, 3.8) is 0 Å². The van der Waals surface area contributed by atoms with Gasteiger partial charge in [0.2, 0.25) is 0 Å². The molecule has 1 amide bonds. The Morgan fingerprint density at radius 3 is 2.64 bits per heavy atom. The van der Waals surface area contributed by atoms with E-state index >= 15 is 0 Å². The second-order valence-electron chi connectivity index (χ2n) is 5.28. The summed E-state index contributed by atoms with van der Waals surface area (Å²) >= 11 is 4.79. The third-order valence-corrected chi connectivity index (χ3v) is 5.46. The molecule has 1 aromatic carbocycles. The van der Waals surface area contributed by atoms with Crippen molar-refractivity contribution in [2.45, 2.75) is 27.2 Å². The van der Waals surface area contributed by atoms with Crippen LogP contribution in [0.1, 0.15) is 34.6 Å². The molecule has 134 valence electrons. The summed E-state index contributed by atoms with van der Waals surface area (Å²) < 4.78 is 11.5. The number of esters is 1. The molecular weight excluding hydrogens is 406 g/mol. The van der Waals surface area contributed by atoms with Crippen LogP contribution in [-0.4, -0.2) is 25.1 Å². The summed E-state index contributed by atoms with van der Waals surface area (Å²) in [5.74, 6) is -0.143. The highest BCUT2D eigenvalue weighted by molar-refractivity contribution is 9.10. The largest absolute Gasteiger partial charge is 0.484 e. The minimum Gasteiger partial charge on any atom is -0.484 e. The maximum atomic E-state index is 12.2. The van der Waals surface area contributed by atoms with Crippen molar-refractivity contribution in [1.29, 1.82) is 0 Å². The van der Waals surface area contributed by atoms with Crippen LogP contribution in [-0.2, 0) is 16.0 Å². The first-order chi connectivity index (χ1) is 11.9. The lowest BCUT2D eigenvalue weighted by molar-refractivity contribution is -0.118. The van der Waals surface area contributed by atoms with Crippen molar-refractivity contribution in [1.82, 2.24) is 0 Å². The van der Waals surface area contributed by atoms with Gasteiger partial charge in [0.25, 0.3) is 5.91 Å². The van der Waals surface area contributed by atoms with Gasteiger partial charge in [-0.25, -0.2) is 4.79 Å². The average molecular weight is 426 g/mol. The molecule has 0 saturated heterocycles. The van der Waals surface area contributed by atoms with Crippen LogP contribution in [0.2, 0.25) is 0 Å². The number of hydrogen-bond donors (Lipinski definition) is 1. The third-order valence-electron chi connectivity index (χ3n) is 3.38. The molecule has 0 aliphatic heterocycles. The summed E-state index contributed by atoms with van der Waals surface area (Å²) in [7, 11) is 0. The first kappa shape index (κ1) is 19.5. The van der Waals surface area contributed by atoms with Gasteiger partial charge in [-0.2, -0.15) is 0 Å². The third kappa shape index (κ3) is 5.31. The standard InChI is InChI=1S/C18H20BrNO4S/c1-4-13-9-14(18(22)23-5-2)17(25-13)20-16(21)10-24-12-6-7-15(19)11(3)8-12/h6-9H,4-5,10H2,1-3H3,(H,20,21). The lowest BCUT2D eigenvalue weighted by atomic mass is 10.2. The van der Waals surface area contributed by atoms with E-state index in [0.717, 1.165) is 21.3 Å². The molecule has 2 aromatic rings. The fraction of sp³-hybridized carbons (Fsp3) is 0.333. The molecule has 0 aliphatic carbocycles. The van der Waals surface area contributed by atoms with Gasteiger partial charge in [0.15, 0.2) is 6.61 Å². The number of hydrogen-bond acceptors (Lipinski definition) is 5. The molecule has 2 rings (SSSR count). The van der Waals surface area contributed by atoms with Gasteiger partial charge >= 0.3 is 5.97 Å². The number of aryl methyl sites for hydroxylation is 2. The fourth-order valence-corrected chi connectivity index (χ4v) is 3.34. The van der Waals surface area contributed by atoms with Crippen LogP contribution in [0.25, 0.3) is 0 Å². The van der Waals surface area contributed by atoms with Gasteiger partial charge < -0.3 is 14.8 Å². The minimum absolute atomic E-state index is 0.136. The van der Waals surface area contributed by atoms with Crippen molar-refractivity contribution < 1.29 is 19.1 Å². The van der Waals surface area contributed by atoms with E-state index < -0.39 is 5.97 Å². The highest BCUT2D eigenvalue weighted by Gasteiger charge is 2.18. The predicted octanol–water partition coefficient (Wildman–Crippen LogP) is 4.58. The van der Waals surface area contributed by atoms with E-state index in [1.165, 1.54) is 11.3 Å². The quantitative estimate of drug-likeness (QED) is 0.659. The minimum atomic E-state index is -0.432. The van der Waals surface area contributed by atoms with E-state index in [2.05, 4.69) is 21.2 Å². The molecular formula is C18H20BrNO4S. The summed E-state index contributed by atoms with van der Waals surface area (Å²) in [6, 6.07) is 7.27. The summed E-state index contributed by atoms with van der Waals surface area (Å²) in [4.78, 5) is 25.2. The van der Waals surface area contributed by atoms with Crippen LogP contribution in [0.15, 0.2) is 28.7 Å². The second-order valence-corrected chi connectivity index (χ2v) is 7.27. The first-order valence-electron chi connectivity index (χ1n) is 7.93. The zero-order valence-corrected chi connectivity index (χ0v) is 16.8. The molecule has 0 atom stereocenters. The molecule has 0 bridgehead atoms. The molecule has 1 heterocycles. The number of carbonyl (C=O) groups excluding carboxylic acids is 2. The van der Waals surface area contributed by atoms with Crippen LogP contribution in [0.4, 0.5) is 5.00 Å². The van der Waals surface area contributed by atoms with Crippen molar-refractivity contribution in [3.05, 3.63) is 44.7 Å². The molecule has 0 unspecified atom stereocenters. The lowest BCUT2D eigenvalue weighted by Gasteiger charge is -2.09. The van der Waals surface area contributed by atoms with Crippen LogP contribution in [0, 0.1) is 6.92 Å². The van der Waals surface area contributed by atoms with Crippen molar-refractivity contribution in [2.24, 2.45) is 0 Å². The summed E-state index contributed by atoms with van der Waals surface area (Å²) in [5.41, 5.74) is 1.41. The van der Waals surface area contributed by atoms with Gasteiger partial charge in [0.1, 0.15) is 10.8 Å². The highest BCUT2D eigenvalue weighted by Crippen LogP contribution is 2.29. The van der Waals surface area contributed by atoms with Crippen LogP contribution in [0.5, 0.6) is 5.75 Å². The summed E-state index contributed by atoms with van der Waals surface area (Å²) in [6.07, 6.45) is 0.779. The van der Waals surface area contributed by atoms with E-state index in [1.54, 1.807) is 19.1 Å². The zero-order chi connectivity index (χ0) is 18.4. The van der Waals surface area contributed by atoms with E-state index in [1.807, 2.05) is 26.0 Å². The van der Waals surface area contributed by atoms with Crippen molar-refractivity contribution >= 4 is 44.1 Å². The number of benzene rings is 1. The molecule has 7 heteroatoms. The van der Waals surface area contributed by atoms with Gasteiger partial charge in [-0.3, -0.25) is 4.79 Å². The number of anilines is 1. The van der Waals surface area contributed by atoms with E-state index in [-0.39, 0.29) is 19.1 Å². The molecule has 0 spiro atoms. The Morgan fingerprint density at radius 2 is 2.00 bits per heavy atom. The van der Waals surface area contributed by atoms with Crippen LogP contribution >= 0.6 is 27.3 Å². The Morgan fingerprint density at radius 1 is 1.24 bits per heavy atom. The number of rotatable bonds is 7. The maximum absolute atomic E-state index is 12.2. The van der Waals surface area contributed by atoms with E-state index in [4.69, 9.17) is 9.47 Å². The van der Waals surface area contributed by atoms with E-state index in [9.17, 15) is 9.59 Å². The number of amides is 1. The fourth-order valence-electron chi connectivity index (χ4n) is 2.09. The monoisotopic (exact) mass is 425 g/mol. The summed E-state index contributed by atoms with van der Waals surface area (Å²) in [6.45, 7) is 5.83. The van der Waals surface area contributed by atoms with Gasteiger partial charge in [-0.1, -0.05) is 22.9 Å². The number of halogens is 1. The molecule has 0 saturated carbocycles. The number of thiophene rings is 1. The second kappa shape index (κ2) is 9.01. The molecule has 0 radical (unpaired) electrons. The van der Waals surface area contributed by atoms with Gasteiger partial charge in [0, 0.05) is 9.35 Å². The summed E-state index contributed by atoms with van der Waals surface area (Å²) in [5, 5.41) is 3.24. The Bertz CT molecular complexity index is 772. The topological polar surface area (TPSA) is 64.6 Å². The molecule has 0 aliphatic rings. The molecule has 0 fully saturated rings. The average Bonchev–Trinajstić information content (AvgIpc) is 2.99. The SMILES string of the molecule is CCOC(=O)c1cc(CC)sc1NC(=O)COc1ccc(Br)c(C)c1. The van der Waals surface area contributed by atoms with Crippen LogP contribution < -0.4 is 10.1 Å². The Labute approximate surface area is 159 Å². The predicted molar refractivity (Wildman–Crippen MR) is 103 cm³/mol. The maximum Gasteiger partial charge on any atom is 0.341 e. The van der Waals surface area contributed by atoms with Gasteiger partial charge in [-0.05, 0) is 50.1 Å². The van der Waals surface area contributed by atoms with Crippen molar-refractivity contribution in [2.75, 3.05) is 18.5 Å². The van der Waals surface area contributed by atoms with Gasteiger partial charge in [0.05, 0.1) is 12.2 Å². The Kier molecular flexibility index (Phi) is 7.01. The van der Waals surface area contributed by atoms with Crippen molar-refractivity contribution in [3.8, 4) is 5.75 Å². The number of ether oxygens (including phenoxy) is 2. The molecule has 5 nitrogen and oxygen atoms in total. The zero-order valence-electron chi connectivity index (χ0n) is 14.3. The molecule has 1 N–H and O–H groups in total. The number of nitrogens with one attached hydrogen (secondary N) is 1. The van der Waals surface area contributed by atoms with E-state index in [0.29, 0.717) is 16.3 Å². The number of carbonyl (C=O) groups is 2.